The molecule has 0 saturated carbocycles. The van der Waals surface area contributed by atoms with Crippen molar-refractivity contribution in [1.82, 2.24) is 9.97 Å². The molecule has 0 radical (unpaired) electrons. The number of H-pyrrole nitrogens is 1. The first-order valence-corrected chi connectivity index (χ1v) is 6.74. The zero-order chi connectivity index (χ0) is 14.1. The molecule has 2 aromatic heterocycles. The molecule has 0 aliphatic heterocycles. The van der Waals surface area contributed by atoms with Crippen molar-refractivity contribution in [2.24, 2.45) is 0 Å². The maximum absolute atomic E-state index is 12.8. The van der Waals surface area contributed by atoms with Gasteiger partial charge in [-0.1, -0.05) is 32.0 Å². The van der Waals surface area contributed by atoms with Crippen molar-refractivity contribution < 1.29 is 4.79 Å². The Balaban J connectivity index is 2.24. The van der Waals surface area contributed by atoms with Gasteiger partial charge in [-0.15, -0.1) is 0 Å². The Morgan fingerprint density at radius 2 is 1.80 bits per heavy atom. The summed E-state index contributed by atoms with van der Waals surface area (Å²) in [7, 11) is 0. The number of benzene rings is 1. The van der Waals surface area contributed by atoms with Gasteiger partial charge in [0.25, 0.3) is 0 Å². The van der Waals surface area contributed by atoms with Gasteiger partial charge in [0.1, 0.15) is 0 Å². The average molecular weight is 264 g/mol. The summed E-state index contributed by atoms with van der Waals surface area (Å²) in [6, 6.07) is 11.5. The van der Waals surface area contributed by atoms with E-state index in [2.05, 4.69) is 23.8 Å². The van der Waals surface area contributed by atoms with Gasteiger partial charge < -0.3 is 4.98 Å². The number of para-hydroxylation sites is 1. The Kier molecular flexibility index (Phi) is 3.11. The molecule has 0 aliphatic rings. The van der Waals surface area contributed by atoms with Crippen molar-refractivity contribution in [2.75, 3.05) is 0 Å². The number of hydrogen-bond donors (Lipinski definition) is 1. The summed E-state index contributed by atoms with van der Waals surface area (Å²) in [5.74, 6) is 0.316. The molecule has 3 aromatic rings. The van der Waals surface area contributed by atoms with E-state index < -0.39 is 0 Å². The van der Waals surface area contributed by atoms with Gasteiger partial charge in [0.15, 0.2) is 5.78 Å². The van der Waals surface area contributed by atoms with Gasteiger partial charge in [0.05, 0.1) is 5.56 Å². The van der Waals surface area contributed by atoms with Crippen molar-refractivity contribution in [3.8, 4) is 0 Å². The number of ketones is 1. The third-order valence-corrected chi connectivity index (χ3v) is 3.48. The molecule has 0 aliphatic carbocycles. The second-order valence-corrected chi connectivity index (χ2v) is 5.18. The van der Waals surface area contributed by atoms with Crippen LogP contribution in [-0.2, 0) is 0 Å². The normalized spacial score (nSPS) is 11.2. The van der Waals surface area contributed by atoms with E-state index in [4.69, 9.17) is 0 Å². The number of aromatic nitrogens is 2. The van der Waals surface area contributed by atoms with Gasteiger partial charge >= 0.3 is 0 Å². The highest BCUT2D eigenvalue weighted by molar-refractivity contribution is 6.17. The number of carbonyl (C=O) groups is 1. The lowest BCUT2D eigenvalue weighted by Crippen LogP contribution is -2.05. The van der Waals surface area contributed by atoms with Crippen LogP contribution >= 0.6 is 0 Å². The van der Waals surface area contributed by atoms with E-state index in [0.717, 1.165) is 22.2 Å². The smallest absolute Gasteiger partial charge is 0.195 e. The average Bonchev–Trinajstić information content (AvgIpc) is 2.87. The van der Waals surface area contributed by atoms with Crippen LogP contribution in [0.15, 0.2) is 48.8 Å². The zero-order valence-electron chi connectivity index (χ0n) is 11.6. The van der Waals surface area contributed by atoms with Crippen molar-refractivity contribution in [3.63, 3.8) is 0 Å². The third kappa shape index (κ3) is 2.01. The first kappa shape index (κ1) is 12.6. The third-order valence-electron chi connectivity index (χ3n) is 3.48. The molecule has 100 valence electrons. The van der Waals surface area contributed by atoms with Crippen LogP contribution in [0.5, 0.6) is 0 Å². The number of hydrogen-bond acceptors (Lipinski definition) is 2. The van der Waals surface area contributed by atoms with Crippen LogP contribution in [0.3, 0.4) is 0 Å². The monoisotopic (exact) mass is 264 g/mol. The van der Waals surface area contributed by atoms with Gasteiger partial charge in [-0.3, -0.25) is 9.78 Å². The van der Waals surface area contributed by atoms with Gasteiger partial charge in [-0.2, -0.15) is 0 Å². The maximum atomic E-state index is 12.8. The number of carbonyl (C=O) groups excluding carboxylic acids is 1. The van der Waals surface area contributed by atoms with Crippen LogP contribution in [0, 0.1) is 0 Å². The lowest BCUT2D eigenvalue weighted by molar-refractivity contribution is 0.103. The second kappa shape index (κ2) is 4.93. The summed E-state index contributed by atoms with van der Waals surface area (Å²) in [6.07, 6.45) is 3.30. The predicted molar refractivity (Wildman–Crippen MR) is 80.1 cm³/mol. The second-order valence-electron chi connectivity index (χ2n) is 5.18. The Morgan fingerprint density at radius 1 is 1.10 bits per heavy atom. The summed E-state index contributed by atoms with van der Waals surface area (Å²) in [4.78, 5) is 20.1. The number of rotatable bonds is 3. The fourth-order valence-corrected chi connectivity index (χ4v) is 2.49. The van der Waals surface area contributed by atoms with Gasteiger partial charge in [-0.05, 0) is 24.1 Å². The molecule has 0 fully saturated rings. The molecule has 20 heavy (non-hydrogen) atoms. The maximum Gasteiger partial charge on any atom is 0.195 e. The van der Waals surface area contributed by atoms with E-state index in [-0.39, 0.29) is 11.7 Å². The van der Waals surface area contributed by atoms with Crippen LogP contribution in [0.2, 0.25) is 0 Å². The lowest BCUT2D eigenvalue weighted by atomic mass is 9.96. The summed E-state index contributed by atoms with van der Waals surface area (Å²) < 4.78 is 0. The zero-order valence-corrected chi connectivity index (χ0v) is 11.6. The fourth-order valence-electron chi connectivity index (χ4n) is 2.49. The van der Waals surface area contributed by atoms with E-state index in [9.17, 15) is 4.79 Å². The Morgan fingerprint density at radius 3 is 2.50 bits per heavy atom. The first-order chi connectivity index (χ1) is 9.68. The molecule has 0 bridgehead atoms. The molecular formula is C17H16N2O. The molecule has 1 N–H and O–H groups in total. The minimum absolute atomic E-state index is 0.0496. The molecule has 3 nitrogen and oxygen atoms in total. The standard InChI is InChI=1S/C17H16N2O/c1-11(2)16-15(13-5-3-4-6-14(13)19-16)17(20)12-7-9-18-10-8-12/h3-11,19H,1-2H3. The summed E-state index contributed by atoms with van der Waals surface area (Å²) in [5.41, 5.74) is 3.45. The van der Waals surface area contributed by atoms with E-state index in [1.54, 1.807) is 24.5 Å². The molecule has 0 amide bonds. The number of nitrogens with zero attached hydrogens (tertiary/aromatic N) is 1. The minimum Gasteiger partial charge on any atom is -0.358 e. The van der Waals surface area contributed by atoms with Crippen LogP contribution in [0.1, 0.15) is 41.4 Å². The first-order valence-electron chi connectivity index (χ1n) is 6.74. The molecule has 3 heteroatoms. The molecule has 0 unspecified atom stereocenters. The molecule has 0 atom stereocenters. The molecule has 2 heterocycles. The highest BCUT2D eigenvalue weighted by Crippen LogP contribution is 2.29. The minimum atomic E-state index is 0.0496. The predicted octanol–water partition coefficient (Wildman–Crippen LogP) is 3.92. The van der Waals surface area contributed by atoms with Crippen LogP contribution in [-0.4, -0.2) is 15.8 Å². The Labute approximate surface area is 117 Å². The highest BCUT2D eigenvalue weighted by Gasteiger charge is 2.21. The van der Waals surface area contributed by atoms with E-state index in [1.165, 1.54) is 0 Å². The topological polar surface area (TPSA) is 45.8 Å². The molecule has 1 aromatic carbocycles. The lowest BCUT2D eigenvalue weighted by Gasteiger charge is -2.07. The van der Waals surface area contributed by atoms with Gasteiger partial charge in [0.2, 0.25) is 0 Å². The fraction of sp³-hybridized carbons (Fsp3) is 0.176. The SMILES string of the molecule is CC(C)c1[nH]c2ccccc2c1C(=O)c1ccncc1. The van der Waals surface area contributed by atoms with E-state index >= 15 is 0 Å². The Bertz CT molecular complexity index is 757. The summed E-state index contributed by atoms with van der Waals surface area (Å²) >= 11 is 0. The highest BCUT2D eigenvalue weighted by atomic mass is 16.1. The van der Waals surface area contributed by atoms with E-state index in [0.29, 0.717) is 5.56 Å². The quantitative estimate of drug-likeness (QED) is 0.729. The number of nitrogens with one attached hydrogen (secondary N) is 1. The largest absolute Gasteiger partial charge is 0.358 e. The van der Waals surface area contributed by atoms with Crippen molar-refractivity contribution in [2.45, 2.75) is 19.8 Å². The number of pyridine rings is 1. The molecule has 0 spiro atoms. The molecule has 0 saturated heterocycles. The van der Waals surface area contributed by atoms with Crippen LogP contribution < -0.4 is 0 Å². The Hall–Kier alpha value is -2.42. The van der Waals surface area contributed by atoms with Crippen LogP contribution in [0.4, 0.5) is 0 Å². The van der Waals surface area contributed by atoms with Crippen molar-refractivity contribution >= 4 is 16.7 Å². The summed E-state index contributed by atoms with van der Waals surface area (Å²) in [5, 5.41) is 0.984. The van der Waals surface area contributed by atoms with Crippen LogP contribution in [0.25, 0.3) is 10.9 Å². The summed E-state index contributed by atoms with van der Waals surface area (Å²) in [6.45, 7) is 4.18. The van der Waals surface area contributed by atoms with Gasteiger partial charge in [-0.25, -0.2) is 0 Å². The molecular weight excluding hydrogens is 248 g/mol. The van der Waals surface area contributed by atoms with Crippen molar-refractivity contribution in [1.29, 1.82) is 0 Å². The van der Waals surface area contributed by atoms with Crippen molar-refractivity contribution in [3.05, 3.63) is 65.6 Å². The molecule has 3 rings (SSSR count). The van der Waals surface area contributed by atoms with E-state index in [1.807, 2.05) is 24.3 Å². The number of fused-ring (bicyclic) bond motifs is 1. The number of aromatic amines is 1. The van der Waals surface area contributed by atoms with Gasteiger partial charge in [0, 0.05) is 34.6 Å².